The molecular weight excluding hydrogens is 296 g/mol. The molecule has 2 aromatic carbocycles. The van der Waals surface area contributed by atoms with Crippen molar-refractivity contribution in [2.45, 2.75) is 25.7 Å². The van der Waals surface area contributed by atoms with E-state index in [9.17, 15) is 10.1 Å². The third-order valence-electron chi connectivity index (χ3n) is 4.38. The van der Waals surface area contributed by atoms with Crippen LogP contribution in [0.25, 0.3) is 0 Å². The first-order chi connectivity index (χ1) is 11.0. The van der Waals surface area contributed by atoms with Crippen LogP contribution in [-0.2, 0) is 10.3 Å². The molecule has 6 heteroatoms. The highest BCUT2D eigenvalue weighted by molar-refractivity contribution is 5.61. The zero-order valence-corrected chi connectivity index (χ0v) is 12.9. The lowest BCUT2D eigenvalue weighted by Gasteiger charge is -2.47. The Labute approximate surface area is 133 Å². The maximum absolute atomic E-state index is 11.1. The molecule has 0 N–H and O–H groups in total. The molecule has 1 unspecified atom stereocenters. The summed E-state index contributed by atoms with van der Waals surface area (Å²) in [6, 6.07) is 12.6. The van der Waals surface area contributed by atoms with Crippen LogP contribution in [0.4, 0.5) is 11.4 Å². The number of para-hydroxylation sites is 1. The van der Waals surface area contributed by atoms with Crippen LogP contribution in [0.15, 0.2) is 42.5 Å². The van der Waals surface area contributed by atoms with E-state index in [1.165, 1.54) is 12.1 Å². The highest BCUT2D eigenvalue weighted by Crippen LogP contribution is 2.49. The van der Waals surface area contributed by atoms with Gasteiger partial charge in [-0.15, -0.1) is 0 Å². The maximum atomic E-state index is 11.1. The fourth-order valence-electron chi connectivity index (χ4n) is 3.25. The lowest BCUT2D eigenvalue weighted by atomic mass is 9.92. The van der Waals surface area contributed by atoms with Gasteiger partial charge in [-0.2, -0.15) is 0 Å². The molecule has 6 nitrogen and oxygen atoms in total. The van der Waals surface area contributed by atoms with E-state index in [1.807, 2.05) is 43.0 Å². The van der Waals surface area contributed by atoms with Crippen molar-refractivity contribution < 1.29 is 14.4 Å². The van der Waals surface area contributed by atoms with Gasteiger partial charge in [0.05, 0.1) is 16.1 Å². The van der Waals surface area contributed by atoms with Crippen molar-refractivity contribution in [3.63, 3.8) is 0 Å². The van der Waals surface area contributed by atoms with Crippen LogP contribution < -0.4 is 9.64 Å². The van der Waals surface area contributed by atoms with Crippen molar-refractivity contribution in [1.82, 2.24) is 0 Å². The Hall–Kier alpha value is -2.60. The summed E-state index contributed by atoms with van der Waals surface area (Å²) >= 11 is 0. The first-order valence-electron chi connectivity index (χ1n) is 7.42. The lowest BCUT2D eigenvalue weighted by Crippen LogP contribution is -2.46. The summed E-state index contributed by atoms with van der Waals surface area (Å²) in [4.78, 5) is 12.7. The molecule has 0 aliphatic carbocycles. The second kappa shape index (κ2) is 4.70. The zero-order chi connectivity index (χ0) is 16.2. The maximum Gasteiger partial charge on any atom is 0.270 e. The Morgan fingerprint density at radius 3 is 2.83 bits per heavy atom. The highest BCUT2D eigenvalue weighted by Gasteiger charge is 2.42. The average Bonchev–Trinajstić information content (AvgIpc) is 2.54. The monoisotopic (exact) mass is 312 g/mol. The fourth-order valence-corrected chi connectivity index (χ4v) is 3.25. The highest BCUT2D eigenvalue weighted by atomic mass is 16.6. The first-order valence-corrected chi connectivity index (χ1v) is 7.42. The average molecular weight is 312 g/mol. The molecule has 2 aliphatic heterocycles. The van der Waals surface area contributed by atoms with Crippen molar-refractivity contribution in [1.29, 1.82) is 0 Å². The largest absolute Gasteiger partial charge is 0.473 e. The first kappa shape index (κ1) is 14.0. The minimum absolute atomic E-state index is 0.0365. The fraction of sp³-hybridized carbons (Fsp3) is 0.294. The molecule has 0 fully saturated rings. The smallest absolute Gasteiger partial charge is 0.270 e. The van der Waals surface area contributed by atoms with E-state index in [4.69, 9.17) is 9.47 Å². The minimum Gasteiger partial charge on any atom is -0.473 e. The molecule has 0 bridgehead atoms. The van der Waals surface area contributed by atoms with Gasteiger partial charge in [-0.25, -0.2) is 0 Å². The van der Waals surface area contributed by atoms with Gasteiger partial charge in [-0.3, -0.25) is 10.1 Å². The van der Waals surface area contributed by atoms with Gasteiger partial charge >= 0.3 is 0 Å². The standard InChI is InChI=1S/C17H16N2O4/c1-17(2)13-5-3-4-6-14(13)18-10-22-15-8-7-11(19(20)21)9-12(15)16(18)23-17/h3-9,16H,10H2,1-2H3. The molecule has 2 aliphatic rings. The van der Waals surface area contributed by atoms with E-state index >= 15 is 0 Å². The van der Waals surface area contributed by atoms with Crippen molar-refractivity contribution in [2.75, 3.05) is 11.6 Å². The number of nitro groups is 1. The van der Waals surface area contributed by atoms with Gasteiger partial charge in [0.2, 0.25) is 0 Å². The summed E-state index contributed by atoms with van der Waals surface area (Å²) in [6.45, 7) is 4.37. The SMILES string of the molecule is CC1(C)OC2c3cc([N+](=O)[O-])ccc3OCN2c2ccccc21. The normalized spacial score (nSPS) is 20.8. The molecule has 23 heavy (non-hydrogen) atoms. The number of benzene rings is 2. The van der Waals surface area contributed by atoms with Crippen LogP contribution in [0.1, 0.15) is 31.2 Å². The third kappa shape index (κ3) is 2.06. The van der Waals surface area contributed by atoms with Crippen LogP contribution in [0.3, 0.4) is 0 Å². The topological polar surface area (TPSA) is 64.8 Å². The predicted octanol–water partition coefficient (Wildman–Crippen LogP) is 3.72. The van der Waals surface area contributed by atoms with Crippen molar-refractivity contribution in [2.24, 2.45) is 0 Å². The number of nitro benzene ring substituents is 1. The summed E-state index contributed by atoms with van der Waals surface area (Å²) < 4.78 is 12.1. The van der Waals surface area contributed by atoms with Crippen LogP contribution in [0.5, 0.6) is 5.75 Å². The summed E-state index contributed by atoms with van der Waals surface area (Å²) in [5, 5.41) is 11.1. The molecule has 0 saturated heterocycles. The van der Waals surface area contributed by atoms with Gasteiger partial charge in [0.1, 0.15) is 5.75 Å². The van der Waals surface area contributed by atoms with Crippen molar-refractivity contribution in [3.8, 4) is 5.75 Å². The molecule has 4 rings (SSSR count). The number of anilines is 1. The summed E-state index contributed by atoms with van der Waals surface area (Å²) in [5.41, 5.74) is 2.35. The van der Waals surface area contributed by atoms with E-state index in [0.29, 0.717) is 18.0 Å². The molecule has 0 saturated carbocycles. The predicted molar refractivity (Wildman–Crippen MR) is 84.4 cm³/mol. The number of hydrogen-bond acceptors (Lipinski definition) is 5. The lowest BCUT2D eigenvalue weighted by molar-refractivity contribution is -0.385. The van der Waals surface area contributed by atoms with Crippen LogP contribution >= 0.6 is 0 Å². The Bertz CT molecular complexity index is 803. The van der Waals surface area contributed by atoms with E-state index in [1.54, 1.807) is 6.07 Å². The molecular formula is C17H16N2O4. The number of hydrogen-bond donors (Lipinski definition) is 0. The number of fused-ring (bicyclic) bond motifs is 5. The molecule has 0 spiro atoms. The Morgan fingerprint density at radius 2 is 2.04 bits per heavy atom. The van der Waals surface area contributed by atoms with Crippen molar-refractivity contribution in [3.05, 3.63) is 63.7 Å². The number of nitrogens with zero attached hydrogens (tertiary/aromatic N) is 2. The molecule has 0 radical (unpaired) electrons. The van der Waals surface area contributed by atoms with Crippen molar-refractivity contribution >= 4 is 11.4 Å². The van der Waals surface area contributed by atoms with E-state index in [2.05, 4.69) is 0 Å². The molecule has 0 amide bonds. The van der Waals surface area contributed by atoms with Gasteiger partial charge in [0, 0.05) is 23.4 Å². The minimum atomic E-state index is -0.489. The Morgan fingerprint density at radius 1 is 1.26 bits per heavy atom. The number of ether oxygens (including phenoxy) is 2. The second-order valence-corrected chi connectivity index (χ2v) is 6.22. The van der Waals surface area contributed by atoms with Gasteiger partial charge in [0.25, 0.3) is 5.69 Å². The zero-order valence-electron chi connectivity index (χ0n) is 12.9. The second-order valence-electron chi connectivity index (χ2n) is 6.22. The summed E-state index contributed by atoms with van der Waals surface area (Å²) in [5.74, 6) is 0.632. The third-order valence-corrected chi connectivity index (χ3v) is 4.38. The van der Waals surface area contributed by atoms with Crippen LogP contribution in [0.2, 0.25) is 0 Å². The van der Waals surface area contributed by atoms with E-state index in [0.717, 1.165) is 11.3 Å². The quantitative estimate of drug-likeness (QED) is 0.593. The Balaban J connectivity index is 1.87. The Kier molecular flexibility index (Phi) is 2.86. The van der Waals surface area contributed by atoms with Gasteiger partial charge in [-0.1, -0.05) is 18.2 Å². The molecule has 0 aromatic heterocycles. The van der Waals surface area contributed by atoms with Gasteiger partial charge in [-0.05, 0) is 26.0 Å². The van der Waals surface area contributed by atoms with Gasteiger partial charge in [0.15, 0.2) is 13.0 Å². The van der Waals surface area contributed by atoms with Gasteiger partial charge < -0.3 is 14.4 Å². The molecule has 118 valence electrons. The number of non-ortho nitro benzene ring substituents is 1. The summed E-state index contributed by atoms with van der Waals surface area (Å²) in [6.07, 6.45) is -0.399. The summed E-state index contributed by atoms with van der Waals surface area (Å²) in [7, 11) is 0. The van der Waals surface area contributed by atoms with Crippen LogP contribution in [0, 0.1) is 10.1 Å². The van der Waals surface area contributed by atoms with Crippen LogP contribution in [-0.4, -0.2) is 11.7 Å². The van der Waals surface area contributed by atoms with E-state index < -0.39 is 16.8 Å². The molecule has 2 heterocycles. The molecule has 2 aromatic rings. The molecule has 1 atom stereocenters. The van der Waals surface area contributed by atoms with E-state index in [-0.39, 0.29) is 5.69 Å². The number of rotatable bonds is 1.